The van der Waals surface area contributed by atoms with Gasteiger partial charge in [-0.2, -0.15) is 5.26 Å². The first-order valence-electron chi connectivity index (χ1n) is 6.66. The SMILES string of the molecule is CCN(CC(C)C#N)c1cc(C(=O)N(C)C)ccc1N. The fourth-order valence-corrected chi connectivity index (χ4v) is 1.98. The van der Waals surface area contributed by atoms with E-state index in [0.717, 1.165) is 12.2 Å². The Morgan fingerprint density at radius 3 is 2.60 bits per heavy atom. The van der Waals surface area contributed by atoms with Gasteiger partial charge < -0.3 is 15.5 Å². The zero-order chi connectivity index (χ0) is 15.3. The van der Waals surface area contributed by atoms with Gasteiger partial charge in [-0.25, -0.2) is 0 Å². The summed E-state index contributed by atoms with van der Waals surface area (Å²) in [6, 6.07) is 7.48. The van der Waals surface area contributed by atoms with Gasteiger partial charge in [0.1, 0.15) is 0 Å². The Morgan fingerprint density at radius 1 is 1.45 bits per heavy atom. The zero-order valence-corrected chi connectivity index (χ0v) is 12.6. The minimum atomic E-state index is -0.0949. The average molecular weight is 274 g/mol. The fourth-order valence-electron chi connectivity index (χ4n) is 1.98. The molecular weight excluding hydrogens is 252 g/mol. The van der Waals surface area contributed by atoms with Crippen molar-refractivity contribution >= 4 is 17.3 Å². The van der Waals surface area contributed by atoms with Crippen LogP contribution in [0.1, 0.15) is 24.2 Å². The molecule has 0 spiro atoms. The number of nitrogens with zero attached hydrogens (tertiary/aromatic N) is 3. The lowest BCUT2D eigenvalue weighted by Crippen LogP contribution is -2.29. The van der Waals surface area contributed by atoms with Crippen molar-refractivity contribution in [3.63, 3.8) is 0 Å². The number of hydrogen-bond acceptors (Lipinski definition) is 4. The number of nitriles is 1. The lowest BCUT2D eigenvalue weighted by Gasteiger charge is -2.26. The first-order chi connectivity index (χ1) is 9.40. The first-order valence-corrected chi connectivity index (χ1v) is 6.66. The zero-order valence-electron chi connectivity index (χ0n) is 12.6. The summed E-state index contributed by atoms with van der Waals surface area (Å²) in [6.45, 7) is 5.20. The van der Waals surface area contributed by atoms with Crippen LogP contribution in [0.15, 0.2) is 18.2 Å². The van der Waals surface area contributed by atoms with Crippen LogP contribution >= 0.6 is 0 Å². The molecule has 0 radical (unpaired) electrons. The van der Waals surface area contributed by atoms with Crippen molar-refractivity contribution in [1.29, 1.82) is 5.26 Å². The summed E-state index contributed by atoms with van der Waals surface area (Å²) in [4.78, 5) is 15.6. The van der Waals surface area contributed by atoms with Gasteiger partial charge in [-0.15, -0.1) is 0 Å². The highest BCUT2D eigenvalue weighted by molar-refractivity contribution is 5.96. The van der Waals surface area contributed by atoms with E-state index in [1.807, 2.05) is 18.7 Å². The molecule has 0 aliphatic carbocycles. The van der Waals surface area contributed by atoms with Crippen LogP contribution in [0.25, 0.3) is 0 Å². The summed E-state index contributed by atoms with van der Waals surface area (Å²) in [5.41, 5.74) is 8.03. The molecule has 2 N–H and O–H groups in total. The molecule has 0 aromatic heterocycles. The van der Waals surface area contributed by atoms with E-state index in [1.165, 1.54) is 4.90 Å². The summed E-state index contributed by atoms with van der Waals surface area (Å²) in [5.74, 6) is -0.154. The van der Waals surface area contributed by atoms with Crippen LogP contribution < -0.4 is 10.6 Å². The summed E-state index contributed by atoms with van der Waals surface area (Å²) in [5, 5.41) is 8.94. The number of nitrogen functional groups attached to an aromatic ring is 1. The number of nitrogens with two attached hydrogens (primary N) is 1. The van der Waals surface area contributed by atoms with E-state index in [4.69, 9.17) is 11.0 Å². The number of rotatable bonds is 5. The molecule has 0 aliphatic rings. The summed E-state index contributed by atoms with van der Waals surface area (Å²) in [6.07, 6.45) is 0. The van der Waals surface area contributed by atoms with Crippen molar-refractivity contribution in [3.8, 4) is 6.07 Å². The highest BCUT2D eigenvalue weighted by Gasteiger charge is 2.15. The molecule has 0 aliphatic heterocycles. The minimum Gasteiger partial charge on any atom is -0.397 e. The van der Waals surface area contributed by atoms with E-state index in [9.17, 15) is 4.79 Å². The molecule has 0 heterocycles. The van der Waals surface area contributed by atoms with Gasteiger partial charge in [0.05, 0.1) is 23.4 Å². The Labute approximate surface area is 120 Å². The van der Waals surface area contributed by atoms with Crippen LogP contribution in [0.5, 0.6) is 0 Å². The second-order valence-corrected chi connectivity index (χ2v) is 5.04. The maximum Gasteiger partial charge on any atom is 0.253 e. The molecule has 5 heteroatoms. The molecule has 5 nitrogen and oxygen atoms in total. The van der Waals surface area contributed by atoms with Crippen LogP contribution in [-0.2, 0) is 0 Å². The van der Waals surface area contributed by atoms with Crippen molar-refractivity contribution in [3.05, 3.63) is 23.8 Å². The van der Waals surface area contributed by atoms with Gasteiger partial charge in [0.2, 0.25) is 0 Å². The predicted molar refractivity (Wildman–Crippen MR) is 81.5 cm³/mol. The molecule has 1 rings (SSSR count). The first kappa shape index (κ1) is 15.8. The van der Waals surface area contributed by atoms with Gasteiger partial charge in [0.25, 0.3) is 5.91 Å². The predicted octanol–water partition coefficient (Wildman–Crippen LogP) is 1.96. The standard InChI is InChI=1S/C15H22N4O/c1-5-19(10-11(2)9-16)14-8-12(6-7-13(14)17)15(20)18(3)4/h6-8,11H,5,10,17H2,1-4H3. The van der Waals surface area contributed by atoms with Gasteiger partial charge in [-0.1, -0.05) is 0 Å². The molecule has 1 atom stereocenters. The number of carbonyl (C=O) groups excluding carboxylic acids is 1. The van der Waals surface area contributed by atoms with E-state index in [2.05, 4.69) is 6.07 Å². The van der Waals surface area contributed by atoms with E-state index in [0.29, 0.717) is 17.8 Å². The van der Waals surface area contributed by atoms with Crippen LogP contribution in [0.3, 0.4) is 0 Å². The number of amides is 1. The van der Waals surface area contributed by atoms with E-state index >= 15 is 0 Å². The van der Waals surface area contributed by atoms with Gasteiger partial charge >= 0.3 is 0 Å². The quantitative estimate of drug-likeness (QED) is 0.833. The largest absolute Gasteiger partial charge is 0.397 e. The molecule has 0 saturated heterocycles. The van der Waals surface area contributed by atoms with E-state index in [-0.39, 0.29) is 11.8 Å². The third kappa shape index (κ3) is 3.64. The Hall–Kier alpha value is -2.22. The van der Waals surface area contributed by atoms with Crippen LogP contribution in [-0.4, -0.2) is 38.0 Å². The molecule has 1 aromatic rings. The van der Waals surface area contributed by atoms with Gasteiger partial charge in [-0.3, -0.25) is 4.79 Å². The monoisotopic (exact) mass is 274 g/mol. The summed E-state index contributed by atoms with van der Waals surface area (Å²) in [7, 11) is 3.43. The Bertz CT molecular complexity index is 519. The molecule has 0 bridgehead atoms. The minimum absolute atomic E-state index is 0.0596. The highest BCUT2D eigenvalue weighted by Crippen LogP contribution is 2.25. The summed E-state index contributed by atoms with van der Waals surface area (Å²) < 4.78 is 0. The second kappa shape index (κ2) is 6.80. The molecule has 0 fully saturated rings. The highest BCUT2D eigenvalue weighted by atomic mass is 16.2. The molecular formula is C15H22N4O. The second-order valence-electron chi connectivity index (χ2n) is 5.04. The van der Waals surface area contributed by atoms with Crippen molar-refractivity contribution in [2.75, 3.05) is 37.8 Å². The third-order valence-electron chi connectivity index (χ3n) is 3.12. The van der Waals surface area contributed by atoms with Crippen molar-refractivity contribution in [2.24, 2.45) is 5.92 Å². The van der Waals surface area contributed by atoms with Crippen molar-refractivity contribution < 1.29 is 4.79 Å². The molecule has 0 saturated carbocycles. The number of hydrogen-bond donors (Lipinski definition) is 1. The lowest BCUT2D eigenvalue weighted by molar-refractivity contribution is 0.0827. The van der Waals surface area contributed by atoms with Crippen LogP contribution in [0, 0.1) is 17.2 Å². The number of carbonyl (C=O) groups is 1. The topological polar surface area (TPSA) is 73.4 Å². The Morgan fingerprint density at radius 2 is 2.10 bits per heavy atom. The van der Waals surface area contributed by atoms with E-state index in [1.54, 1.807) is 32.3 Å². The molecule has 1 aromatic carbocycles. The molecule has 108 valence electrons. The Balaban J connectivity index is 3.12. The third-order valence-corrected chi connectivity index (χ3v) is 3.12. The van der Waals surface area contributed by atoms with Crippen molar-refractivity contribution in [2.45, 2.75) is 13.8 Å². The number of benzene rings is 1. The molecule has 1 amide bonds. The van der Waals surface area contributed by atoms with E-state index < -0.39 is 0 Å². The normalized spacial score (nSPS) is 11.6. The molecule has 20 heavy (non-hydrogen) atoms. The van der Waals surface area contributed by atoms with Gasteiger partial charge in [0.15, 0.2) is 0 Å². The lowest BCUT2D eigenvalue weighted by atomic mass is 10.1. The van der Waals surface area contributed by atoms with Crippen LogP contribution in [0.4, 0.5) is 11.4 Å². The number of anilines is 2. The maximum absolute atomic E-state index is 12.0. The average Bonchev–Trinajstić information content (AvgIpc) is 2.44. The molecule has 1 unspecified atom stereocenters. The van der Waals surface area contributed by atoms with Gasteiger partial charge in [0, 0.05) is 32.7 Å². The summed E-state index contributed by atoms with van der Waals surface area (Å²) >= 11 is 0. The van der Waals surface area contributed by atoms with Gasteiger partial charge in [-0.05, 0) is 32.0 Å². The van der Waals surface area contributed by atoms with Crippen molar-refractivity contribution in [1.82, 2.24) is 4.90 Å². The fraction of sp³-hybridized carbons (Fsp3) is 0.467. The Kier molecular flexibility index (Phi) is 5.39. The van der Waals surface area contributed by atoms with Crippen LogP contribution in [0.2, 0.25) is 0 Å². The smallest absolute Gasteiger partial charge is 0.253 e. The maximum atomic E-state index is 12.0.